The summed E-state index contributed by atoms with van der Waals surface area (Å²) in [6, 6.07) is 6.74. The lowest BCUT2D eigenvalue weighted by molar-refractivity contribution is -0.578. The van der Waals surface area contributed by atoms with E-state index in [1.54, 1.807) is 59.1 Å². The van der Waals surface area contributed by atoms with E-state index in [0.717, 1.165) is 0 Å². The zero-order valence-electron chi connectivity index (χ0n) is 14.1. The summed E-state index contributed by atoms with van der Waals surface area (Å²) in [5.41, 5.74) is 8.28. The molecule has 1 amide bonds. The number of nitrogens with zero attached hydrogens (tertiary/aromatic N) is 4. The molecule has 0 fully saturated rings. The highest BCUT2D eigenvalue weighted by Gasteiger charge is 2.23. The van der Waals surface area contributed by atoms with Gasteiger partial charge in [0, 0.05) is 23.7 Å². The Morgan fingerprint density at radius 2 is 2.15 bits per heavy atom. The molecule has 0 radical (unpaired) electrons. The van der Waals surface area contributed by atoms with Crippen LogP contribution in [0.3, 0.4) is 0 Å². The molecule has 0 bridgehead atoms. The van der Waals surface area contributed by atoms with Gasteiger partial charge in [0.2, 0.25) is 5.82 Å². The molecule has 3 aromatic heterocycles. The Bertz CT molecular complexity index is 1180. The van der Waals surface area contributed by atoms with E-state index in [2.05, 4.69) is 20.5 Å². The van der Waals surface area contributed by atoms with Crippen molar-refractivity contribution in [1.29, 1.82) is 0 Å². The normalized spacial score (nSPS) is 11.1. The van der Waals surface area contributed by atoms with Crippen LogP contribution in [0.4, 0.5) is 11.5 Å². The van der Waals surface area contributed by atoms with Crippen molar-refractivity contribution in [2.45, 2.75) is 0 Å². The highest BCUT2D eigenvalue weighted by atomic mass is 35.5. The standard InChI is InChI=1S/C17H13Cl2N7O/c1-25-15(10-6-9(18)2-3-12(10)19)13(8-21-25)23-17(27)11-7-22-26-5-4-14(20)24-16(11)26/h2-8H,1H3,(H3,20,22,23,24,27)/p+1. The smallest absolute Gasteiger partial charge is 0.363 e. The zero-order valence-corrected chi connectivity index (χ0v) is 15.6. The lowest BCUT2D eigenvalue weighted by atomic mass is 10.1. The number of carbonyl (C=O) groups is 1. The van der Waals surface area contributed by atoms with E-state index in [9.17, 15) is 4.79 Å². The fourth-order valence-electron chi connectivity index (χ4n) is 2.81. The quantitative estimate of drug-likeness (QED) is 0.458. The fourth-order valence-corrected chi connectivity index (χ4v) is 3.19. The second-order valence-electron chi connectivity index (χ2n) is 5.84. The highest BCUT2D eigenvalue weighted by molar-refractivity contribution is 6.35. The molecule has 0 spiro atoms. The molecule has 1 aromatic carbocycles. The molecule has 0 unspecified atom stereocenters. The number of anilines is 2. The fraction of sp³-hybridized carbons (Fsp3) is 0.0588. The van der Waals surface area contributed by atoms with Crippen molar-refractivity contribution in [2.24, 2.45) is 7.05 Å². The van der Waals surface area contributed by atoms with Crippen LogP contribution in [-0.2, 0) is 7.05 Å². The molecule has 27 heavy (non-hydrogen) atoms. The lowest BCUT2D eigenvalue weighted by Crippen LogP contribution is -2.24. The van der Waals surface area contributed by atoms with Crippen molar-refractivity contribution in [3.05, 3.63) is 58.5 Å². The van der Waals surface area contributed by atoms with Gasteiger partial charge in [-0.1, -0.05) is 23.2 Å². The average Bonchev–Trinajstić information content (AvgIpc) is 3.20. The first-order valence-corrected chi connectivity index (χ1v) is 8.63. The van der Waals surface area contributed by atoms with E-state index in [1.165, 1.54) is 0 Å². The highest BCUT2D eigenvalue weighted by Crippen LogP contribution is 2.35. The SMILES string of the molecule is Cn1ncc(NC(=O)c2c[nH][n+]3ccc(N)nc23)c1-c1cc(Cl)ccc1Cl. The van der Waals surface area contributed by atoms with Crippen LogP contribution in [0.1, 0.15) is 10.4 Å². The number of nitrogens with two attached hydrogens (primary N) is 1. The number of carbonyl (C=O) groups excluding carboxylic acids is 1. The maximum atomic E-state index is 12.8. The van der Waals surface area contributed by atoms with Crippen molar-refractivity contribution in [3.8, 4) is 11.3 Å². The molecule has 4 aromatic rings. The predicted octanol–water partition coefficient (Wildman–Crippen LogP) is 2.69. The van der Waals surface area contributed by atoms with E-state index in [4.69, 9.17) is 28.9 Å². The molecule has 4 N–H and O–H groups in total. The third-order valence-corrected chi connectivity index (χ3v) is 4.63. The minimum Gasteiger partial charge on any atom is -0.363 e. The van der Waals surface area contributed by atoms with Crippen LogP contribution in [-0.4, -0.2) is 25.8 Å². The average molecular weight is 403 g/mol. The molecule has 0 aliphatic heterocycles. The van der Waals surface area contributed by atoms with Gasteiger partial charge in [-0.2, -0.15) is 5.10 Å². The first-order valence-electron chi connectivity index (χ1n) is 7.88. The van der Waals surface area contributed by atoms with Crippen LogP contribution in [0.15, 0.2) is 42.9 Å². The third-order valence-electron chi connectivity index (χ3n) is 4.06. The summed E-state index contributed by atoms with van der Waals surface area (Å²) in [4.78, 5) is 17.0. The number of fused-ring (bicyclic) bond motifs is 1. The number of nitrogen functional groups attached to an aromatic ring is 1. The van der Waals surface area contributed by atoms with Gasteiger partial charge in [0.05, 0.1) is 28.8 Å². The van der Waals surface area contributed by atoms with Gasteiger partial charge in [0.25, 0.3) is 5.91 Å². The minimum absolute atomic E-state index is 0.316. The summed E-state index contributed by atoms with van der Waals surface area (Å²) in [5, 5.41) is 11.0. The molecule has 10 heteroatoms. The van der Waals surface area contributed by atoms with Crippen molar-refractivity contribution in [1.82, 2.24) is 19.9 Å². The summed E-state index contributed by atoms with van der Waals surface area (Å²) in [7, 11) is 1.76. The molecule has 0 aliphatic rings. The molecule has 0 saturated heterocycles. The molecule has 0 atom stereocenters. The van der Waals surface area contributed by atoms with E-state index in [1.807, 2.05) is 0 Å². The number of aromatic nitrogens is 5. The summed E-state index contributed by atoms with van der Waals surface area (Å²) < 4.78 is 3.22. The Morgan fingerprint density at radius 3 is 2.96 bits per heavy atom. The summed E-state index contributed by atoms with van der Waals surface area (Å²) in [5.74, 6) is -0.0457. The van der Waals surface area contributed by atoms with E-state index < -0.39 is 0 Å². The van der Waals surface area contributed by atoms with Crippen LogP contribution < -0.4 is 15.6 Å². The topological polar surface area (TPSA) is 106 Å². The lowest BCUT2D eigenvalue weighted by Gasteiger charge is -2.09. The summed E-state index contributed by atoms with van der Waals surface area (Å²) >= 11 is 12.4. The first-order chi connectivity index (χ1) is 12.9. The Balaban J connectivity index is 1.74. The van der Waals surface area contributed by atoms with Crippen molar-refractivity contribution >= 4 is 46.3 Å². The van der Waals surface area contributed by atoms with Gasteiger partial charge >= 0.3 is 5.65 Å². The predicted molar refractivity (Wildman–Crippen MR) is 103 cm³/mol. The molecule has 3 heterocycles. The van der Waals surface area contributed by atoms with Crippen LogP contribution in [0.25, 0.3) is 16.9 Å². The Labute approximate surface area is 163 Å². The van der Waals surface area contributed by atoms with Gasteiger partial charge in [-0.05, 0) is 23.2 Å². The van der Waals surface area contributed by atoms with Gasteiger partial charge in [0.15, 0.2) is 5.56 Å². The number of rotatable bonds is 3. The number of aromatic amines is 1. The number of benzene rings is 1. The monoisotopic (exact) mass is 402 g/mol. The molecule has 0 saturated carbocycles. The van der Waals surface area contributed by atoms with Gasteiger partial charge in [0.1, 0.15) is 6.20 Å². The summed E-state index contributed by atoms with van der Waals surface area (Å²) in [6.07, 6.45) is 4.80. The maximum absolute atomic E-state index is 12.8. The largest absolute Gasteiger partial charge is 0.363 e. The number of nitrogens with one attached hydrogen (secondary N) is 2. The number of hydrogen-bond donors (Lipinski definition) is 3. The number of H-pyrrole nitrogens is 1. The number of amides is 1. The van der Waals surface area contributed by atoms with E-state index in [0.29, 0.717) is 44.0 Å². The van der Waals surface area contributed by atoms with Gasteiger partial charge in [-0.25, -0.2) is 5.10 Å². The van der Waals surface area contributed by atoms with E-state index >= 15 is 0 Å². The van der Waals surface area contributed by atoms with E-state index in [-0.39, 0.29) is 5.91 Å². The Hall–Kier alpha value is -3.10. The van der Waals surface area contributed by atoms with Gasteiger partial charge < -0.3 is 11.1 Å². The minimum atomic E-state index is -0.362. The second kappa shape index (κ2) is 6.57. The van der Waals surface area contributed by atoms with Crippen LogP contribution in [0.2, 0.25) is 10.0 Å². The Morgan fingerprint density at radius 1 is 1.33 bits per heavy atom. The zero-order chi connectivity index (χ0) is 19.1. The first kappa shape index (κ1) is 17.3. The van der Waals surface area contributed by atoms with Crippen LogP contribution in [0, 0.1) is 0 Å². The Kier molecular flexibility index (Phi) is 4.21. The molecule has 4 rings (SSSR count). The second-order valence-corrected chi connectivity index (χ2v) is 6.69. The number of aryl methyl sites for hydroxylation is 1. The van der Waals surface area contributed by atoms with Crippen molar-refractivity contribution < 1.29 is 9.31 Å². The van der Waals surface area contributed by atoms with Crippen molar-refractivity contribution in [3.63, 3.8) is 0 Å². The number of halogens is 2. The van der Waals surface area contributed by atoms with Gasteiger partial charge in [-0.15, -0.1) is 4.52 Å². The summed E-state index contributed by atoms with van der Waals surface area (Å²) in [6.45, 7) is 0. The van der Waals surface area contributed by atoms with Crippen LogP contribution >= 0.6 is 23.2 Å². The van der Waals surface area contributed by atoms with Crippen LogP contribution in [0.5, 0.6) is 0 Å². The van der Waals surface area contributed by atoms with Crippen molar-refractivity contribution in [2.75, 3.05) is 11.1 Å². The maximum Gasteiger partial charge on any atom is 0.363 e. The number of hydrogen-bond acceptors (Lipinski definition) is 4. The molecular formula is C17H14Cl2N7O+. The van der Waals surface area contributed by atoms with Gasteiger partial charge in [-0.3, -0.25) is 9.48 Å². The molecule has 0 aliphatic carbocycles. The molecular weight excluding hydrogens is 389 g/mol. The third kappa shape index (κ3) is 3.09. The molecule has 136 valence electrons. The molecule has 8 nitrogen and oxygen atoms in total.